The molecule has 0 spiro atoms. The number of nitrogens with zero attached hydrogens (tertiary/aromatic N) is 2. The minimum Gasteiger partial charge on any atom is -0.348 e. The maximum absolute atomic E-state index is 5.00. The molecule has 1 saturated heterocycles. The van der Waals surface area contributed by atoms with E-state index in [9.17, 15) is 0 Å². The minimum absolute atomic E-state index is 0.106. The summed E-state index contributed by atoms with van der Waals surface area (Å²) in [6, 6.07) is 0. The highest BCUT2D eigenvalue weighted by Crippen LogP contribution is 2.35. The van der Waals surface area contributed by atoms with Gasteiger partial charge in [0.1, 0.15) is 0 Å². The molecular weight excluding hydrogens is 278 g/mol. The minimum atomic E-state index is 0.106. The molecule has 4 heteroatoms. The summed E-state index contributed by atoms with van der Waals surface area (Å²) in [4.78, 5) is 8.86. The number of aromatic nitrogens is 1. The van der Waals surface area contributed by atoms with Crippen molar-refractivity contribution in [2.45, 2.75) is 72.4 Å². The highest BCUT2D eigenvalue weighted by Gasteiger charge is 2.28. The normalized spacial score (nSPS) is 20.3. The maximum Gasteiger partial charge on any atom is 0.185 e. The number of hydrogen-bond donors (Lipinski definition) is 1. The molecule has 1 aliphatic rings. The first-order valence-electron chi connectivity index (χ1n) is 8.06. The molecule has 0 amide bonds. The van der Waals surface area contributed by atoms with Gasteiger partial charge in [0.15, 0.2) is 5.13 Å². The van der Waals surface area contributed by atoms with Gasteiger partial charge in [-0.25, -0.2) is 4.98 Å². The van der Waals surface area contributed by atoms with Gasteiger partial charge in [0, 0.05) is 35.5 Å². The van der Waals surface area contributed by atoms with Crippen LogP contribution in [0, 0.1) is 5.92 Å². The first kappa shape index (κ1) is 16.8. The quantitative estimate of drug-likeness (QED) is 0.908. The third-order valence-corrected chi connectivity index (χ3v) is 4.99. The predicted octanol–water partition coefficient (Wildman–Crippen LogP) is 4.17. The Labute approximate surface area is 134 Å². The van der Waals surface area contributed by atoms with Gasteiger partial charge in [0.05, 0.1) is 5.69 Å². The molecule has 1 aromatic heterocycles. The van der Waals surface area contributed by atoms with E-state index >= 15 is 0 Å². The Balaban J connectivity index is 2.23. The zero-order valence-electron chi connectivity index (χ0n) is 14.7. The zero-order chi connectivity index (χ0) is 15.8. The van der Waals surface area contributed by atoms with Gasteiger partial charge in [-0.1, -0.05) is 27.7 Å². The van der Waals surface area contributed by atoms with Crippen LogP contribution in [0.2, 0.25) is 0 Å². The molecule has 2 rings (SSSR count). The van der Waals surface area contributed by atoms with Crippen molar-refractivity contribution in [2.24, 2.45) is 5.92 Å². The molecule has 0 saturated carbocycles. The second-order valence-electron chi connectivity index (χ2n) is 8.46. The molecule has 2 heterocycles. The van der Waals surface area contributed by atoms with E-state index in [0.29, 0.717) is 0 Å². The molecule has 1 unspecified atom stereocenters. The Morgan fingerprint density at radius 3 is 2.38 bits per heavy atom. The first-order valence-corrected chi connectivity index (χ1v) is 8.88. The third-order valence-electron chi connectivity index (χ3n) is 3.87. The average Bonchev–Trinajstić information content (AvgIpc) is 2.90. The Hall–Kier alpha value is -0.610. The van der Waals surface area contributed by atoms with Crippen LogP contribution in [0.1, 0.15) is 65.5 Å². The van der Waals surface area contributed by atoms with E-state index in [-0.39, 0.29) is 11.0 Å². The number of anilines is 1. The van der Waals surface area contributed by atoms with Crippen molar-refractivity contribution in [1.29, 1.82) is 0 Å². The Morgan fingerprint density at radius 1 is 1.24 bits per heavy atom. The predicted molar refractivity (Wildman–Crippen MR) is 93.4 cm³/mol. The Morgan fingerprint density at radius 2 is 1.90 bits per heavy atom. The first-order chi connectivity index (χ1) is 9.56. The van der Waals surface area contributed by atoms with Crippen molar-refractivity contribution < 1.29 is 0 Å². The summed E-state index contributed by atoms with van der Waals surface area (Å²) in [5.41, 5.74) is 1.51. The number of thiazole rings is 1. The maximum atomic E-state index is 5.00. The summed E-state index contributed by atoms with van der Waals surface area (Å²) in [5.74, 6) is 0.795. The highest BCUT2D eigenvalue weighted by atomic mass is 32.1. The number of rotatable bonds is 3. The largest absolute Gasteiger partial charge is 0.348 e. The van der Waals surface area contributed by atoms with Gasteiger partial charge in [-0.05, 0) is 33.1 Å². The van der Waals surface area contributed by atoms with Crippen LogP contribution in [-0.2, 0) is 12.0 Å². The van der Waals surface area contributed by atoms with Gasteiger partial charge in [-0.2, -0.15) is 0 Å². The summed E-state index contributed by atoms with van der Waals surface area (Å²) in [6.07, 6.45) is 1.29. The van der Waals surface area contributed by atoms with Crippen LogP contribution in [0.3, 0.4) is 0 Å². The number of hydrogen-bond acceptors (Lipinski definition) is 4. The van der Waals surface area contributed by atoms with Crippen molar-refractivity contribution in [3.05, 3.63) is 10.6 Å². The second-order valence-corrected chi connectivity index (χ2v) is 9.52. The van der Waals surface area contributed by atoms with Crippen LogP contribution in [-0.4, -0.2) is 23.6 Å². The van der Waals surface area contributed by atoms with Gasteiger partial charge in [0.2, 0.25) is 0 Å². The smallest absolute Gasteiger partial charge is 0.185 e. The molecule has 0 radical (unpaired) electrons. The molecule has 1 N–H and O–H groups in total. The number of nitrogens with one attached hydrogen (secondary N) is 1. The van der Waals surface area contributed by atoms with Crippen molar-refractivity contribution in [3.63, 3.8) is 0 Å². The SMILES string of the molecule is CC1CCN(c2nc(C(C)(C)C)c(CNC(C)(C)C)s2)C1. The van der Waals surface area contributed by atoms with Crippen LogP contribution in [0.5, 0.6) is 0 Å². The van der Waals surface area contributed by atoms with Crippen LogP contribution >= 0.6 is 11.3 Å². The van der Waals surface area contributed by atoms with Crippen molar-refractivity contribution >= 4 is 16.5 Å². The fourth-order valence-corrected chi connectivity index (χ4v) is 3.88. The lowest BCUT2D eigenvalue weighted by Gasteiger charge is -2.22. The summed E-state index contributed by atoms with van der Waals surface area (Å²) >= 11 is 1.88. The van der Waals surface area contributed by atoms with Gasteiger partial charge < -0.3 is 10.2 Å². The third kappa shape index (κ3) is 4.43. The Bertz CT molecular complexity index is 479. The molecule has 1 atom stereocenters. The van der Waals surface area contributed by atoms with Crippen molar-refractivity contribution in [3.8, 4) is 0 Å². The summed E-state index contributed by atoms with van der Waals surface area (Å²) in [5, 5.41) is 4.83. The van der Waals surface area contributed by atoms with Crippen molar-refractivity contribution in [1.82, 2.24) is 10.3 Å². The highest BCUT2D eigenvalue weighted by molar-refractivity contribution is 7.15. The molecular formula is C17H31N3S. The van der Waals surface area contributed by atoms with Gasteiger partial charge in [0.25, 0.3) is 0 Å². The summed E-state index contributed by atoms with van der Waals surface area (Å²) in [7, 11) is 0. The van der Waals surface area contributed by atoms with E-state index in [4.69, 9.17) is 4.98 Å². The molecule has 0 bridgehead atoms. The van der Waals surface area contributed by atoms with Gasteiger partial charge >= 0.3 is 0 Å². The summed E-state index contributed by atoms with van der Waals surface area (Å²) < 4.78 is 0. The standard InChI is InChI=1S/C17H31N3S/c1-12-8-9-20(11-12)15-19-14(16(2,3)4)13(21-15)10-18-17(5,6)7/h12,18H,8-11H2,1-7H3. The lowest BCUT2D eigenvalue weighted by Crippen LogP contribution is -2.35. The van der Waals surface area contributed by atoms with E-state index < -0.39 is 0 Å². The fraction of sp³-hybridized carbons (Fsp3) is 0.824. The van der Waals surface area contributed by atoms with Crippen LogP contribution in [0.15, 0.2) is 0 Å². The monoisotopic (exact) mass is 309 g/mol. The van der Waals surface area contributed by atoms with Crippen LogP contribution in [0.4, 0.5) is 5.13 Å². The Kier molecular flexibility index (Phi) is 4.69. The summed E-state index contributed by atoms with van der Waals surface area (Å²) in [6.45, 7) is 19.0. The average molecular weight is 310 g/mol. The van der Waals surface area contributed by atoms with Crippen LogP contribution < -0.4 is 10.2 Å². The molecule has 1 fully saturated rings. The lowest BCUT2D eigenvalue weighted by molar-refractivity contribution is 0.422. The molecule has 1 aliphatic heterocycles. The molecule has 21 heavy (non-hydrogen) atoms. The van der Waals surface area contributed by atoms with E-state index in [1.165, 1.54) is 22.1 Å². The molecule has 3 nitrogen and oxygen atoms in total. The molecule has 0 aromatic carbocycles. The fourth-order valence-electron chi connectivity index (χ4n) is 2.63. The topological polar surface area (TPSA) is 28.2 Å². The van der Waals surface area contributed by atoms with E-state index in [0.717, 1.165) is 25.6 Å². The van der Waals surface area contributed by atoms with E-state index in [2.05, 4.69) is 58.7 Å². The van der Waals surface area contributed by atoms with E-state index in [1.807, 2.05) is 11.3 Å². The van der Waals surface area contributed by atoms with Crippen LogP contribution in [0.25, 0.3) is 0 Å². The van der Waals surface area contributed by atoms with Crippen molar-refractivity contribution in [2.75, 3.05) is 18.0 Å². The van der Waals surface area contributed by atoms with E-state index in [1.54, 1.807) is 0 Å². The molecule has 1 aromatic rings. The van der Waals surface area contributed by atoms with Gasteiger partial charge in [-0.3, -0.25) is 0 Å². The molecule has 0 aliphatic carbocycles. The lowest BCUT2D eigenvalue weighted by atomic mass is 9.91. The molecule has 120 valence electrons. The zero-order valence-corrected chi connectivity index (χ0v) is 15.5. The second kappa shape index (κ2) is 5.88. The van der Waals surface area contributed by atoms with Gasteiger partial charge in [-0.15, -0.1) is 11.3 Å².